The summed E-state index contributed by atoms with van der Waals surface area (Å²) in [4.78, 5) is 17.2. The summed E-state index contributed by atoms with van der Waals surface area (Å²) >= 11 is 12.2. The van der Waals surface area contributed by atoms with Gasteiger partial charge in [0.1, 0.15) is 5.75 Å². The smallest absolute Gasteiger partial charge is 0.406 e. The number of alkyl halides is 3. The molecule has 0 bridgehead atoms. The van der Waals surface area contributed by atoms with Gasteiger partial charge in [-0.3, -0.25) is 9.36 Å². The number of rotatable bonds is 5. The SMILES string of the molecule is O=c1c2cc(OC(F)(F)F)cc(Cl)c2ncn1Cc1cc(Cl)ccc1CC1CCCC1. The molecule has 0 unspecified atom stereocenters. The van der Waals surface area contributed by atoms with Gasteiger partial charge in [0.25, 0.3) is 5.56 Å². The van der Waals surface area contributed by atoms with Crippen LogP contribution in [0.5, 0.6) is 5.75 Å². The van der Waals surface area contributed by atoms with E-state index in [9.17, 15) is 18.0 Å². The summed E-state index contributed by atoms with van der Waals surface area (Å²) in [6, 6.07) is 7.63. The molecule has 1 saturated carbocycles. The Balaban J connectivity index is 1.71. The van der Waals surface area contributed by atoms with Gasteiger partial charge in [0.15, 0.2) is 0 Å². The molecule has 9 heteroatoms. The van der Waals surface area contributed by atoms with Gasteiger partial charge in [-0.25, -0.2) is 4.98 Å². The predicted molar refractivity (Wildman–Crippen MR) is 114 cm³/mol. The van der Waals surface area contributed by atoms with Gasteiger partial charge in [0, 0.05) is 11.1 Å². The van der Waals surface area contributed by atoms with Crippen LogP contribution in [0.2, 0.25) is 10.0 Å². The van der Waals surface area contributed by atoms with Gasteiger partial charge in [-0.2, -0.15) is 0 Å². The van der Waals surface area contributed by atoms with Crippen molar-refractivity contribution in [2.75, 3.05) is 0 Å². The molecule has 0 aliphatic heterocycles. The van der Waals surface area contributed by atoms with E-state index in [0.29, 0.717) is 10.9 Å². The van der Waals surface area contributed by atoms with Crippen LogP contribution in [-0.2, 0) is 13.0 Å². The van der Waals surface area contributed by atoms with Crippen molar-refractivity contribution in [3.63, 3.8) is 0 Å². The second kappa shape index (κ2) is 8.71. The van der Waals surface area contributed by atoms with Crippen molar-refractivity contribution < 1.29 is 17.9 Å². The molecule has 0 spiro atoms. The van der Waals surface area contributed by atoms with Gasteiger partial charge in [-0.1, -0.05) is 55.0 Å². The maximum absolute atomic E-state index is 13.0. The summed E-state index contributed by atoms with van der Waals surface area (Å²) in [7, 11) is 0. The molecule has 1 aliphatic carbocycles. The lowest BCUT2D eigenvalue weighted by atomic mass is 9.94. The number of benzene rings is 2. The van der Waals surface area contributed by atoms with E-state index in [0.717, 1.165) is 29.7 Å². The number of hydrogen-bond acceptors (Lipinski definition) is 3. The van der Waals surface area contributed by atoms with Crippen LogP contribution in [0.25, 0.3) is 10.9 Å². The van der Waals surface area contributed by atoms with Crippen molar-refractivity contribution in [1.29, 1.82) is 0 Å². The zero-order valence-electron chi connectivity index (χ0n) is 16.4. The van der Waals surface area contributed by atoms with Crippen molar-refractivity contribution in [1.82, 2.24) is 9.55 Å². The fourth-order valence-corrected chi connectivity index (χ4v) is 4.61. The zero-order valence-corrected chi connectivity index (χ0v) is 17.9. The van der Waals surface area contributed by atoms with Crippen LogP contribution in [0.3, 0.4) is 0 Å². The fourth-order valence-electron chi connectivity index (χ4n) is 4.16. The molecule has 1 aromatic heterocycles. The number of halogens is 5. The van der Waals surface area contributed by atoms with Crippen LogP contribution >= 0.6 is 23.2 Å². The summed E-state index contributed by atoms with van der Waals surface area (Å²) < 4.78 is 43.1. The highest BCUT2D eigenvalue weighted by Gasteiger charge is 2.31. The molecule has 4 rings (SSSR count). The normalized spacial score (nSPS) is 15.0. The Bertz CT molecular complexity index is 1170. The molecule has 0 amide bonds. The van der Waals surface area contributed by atoms with Crippen LogP contribution in [0.4, 0.5) is 13.2 Å². The number of ether oxygens (including phenoxy) is 1. The summed E-state index contributed by atoms with van der Waals surface area (Å²) in [5.41, 5.74) is 1.60. The van der Waals surface area contributed by atoms with Gasteiger partial charge in [0.05, 0.1) is 28.8 Å². The van der Waals surface area contributed by atoms with Crippen molar-refractivity contribution in [2.24, 2.45) is 5.92 Å². The minimum absolute atomic E-state index is 0.0476. The first-order chi connectivity index (χ1) is 14.7. The maximum Gasteiger partial charge on any atom is 0.573 e. The quantitative estimate of drug-likeness (QED) is 0.434. The molecule has 164 valence electrons. The number of fused-ring (bicyclic) bond motifs is 1. The van der Waals surface area contributed by atoms with E-state index in [4.69, 9.17) is 23.2 Å². The minimum atomic E-state index is -4.89. The van der Waals surface area contributed by atoms with E-state index in [1.807, 2.05) is 18.2 Å². The van der Waals surface area contributed by atoms with Gasteiger partial charge in [-0.05, 0) is 41.7 Å². The van der Waals surface area contributed by atoms with Crippen molar-refractivity contribution in [3.05, 3.63) is 68.2 Å². The molecule has 0 atom stereocenters. The molecule has 3 aromatic rings. The van der Waals surface area contributed by atoms with Crippen molar-refractivity contribution in [2.45, 2.75) is 45.0 Å². The molecule has 1 heterocycles. The van der Waals surface area contributed by atoms with Crippen LogP contribution < -0.4 is 10.3 Å². The Labute approximate surface area is 186 Å². The summed E-state index contributed by atoms with van der Waals surface area (Å²) in [5.74, 6) is 0.0404. The monoisotopic (exact) mass is 470 g/mol. The number of aromatic nitrogens is 2. The Morgan fingerprint density at radius 3 is 2.55 bits per heavy atom. The predicted octanol–water partition coefficient (Wildman–Crippen LogP) is 6.38. The Morgan fingerprint density at radius 2 is 1.84 bits per heavy atom. The topological polar surface area (TPSA) is 44.1 Å². The first kappa shape index (κ1) is 22.0. The minimum Gasteiger partial charge on any atom is -0.406 e. The lowest BCUT2D eigenvalue weighted by Crippen LogP contribution is -2.22. The first-order valence-corrected chi connectivity index (χ1v) is 10.7. The van der Waals surface area contributed by atoms with Crippen LogP contribution in [0.1, 0.15) is 36.8 Å². The molecule has 0 radical (unpaired) electrons. The Morgan fingerprint density at radius 1 is 1.10 bits per heavy atom. The largest absolute Gasteiger partial charge is 0.573 e. The standard InChI is InChI=1S/C22H19Cl2F3N2O2/c23-16-6-5-14(7-13-3-1-2-4-13)15(8-16)11-29-12-28-20-18(21(29)30)9-17(10-19(20)24)31-22(25,26)27/h5-6,8-10,12-13H,1-4,7,11H2. The number of hydrogen-bond donors (Lipinski definition) is 0. The van der Waals surface area contributed by atoms with Gasteiger partial charge in [-0.15, -0.1) is 13.2 Å². The third kappa shape index (κ3) is 5.15. The van der Waals surface area contributed by atoms with E-state index < -0.39 is 17.7 Å². The highest BCUT2D eigenvalue weighted by Crippen LogP contribution is 2.31. The molecule has 0 N–H and O–H groups in total. The van der Waals surface area contributed by atoms with Crippen LogP contribution in [-0.4, -0.2) is 15.9 Å². The van der Waals surface area contributed by atoms with Crippen molar-refractivity contribution in [3.8, 4) is 5.75 Å². The Kier molecular flexibility index (Phi) is 6.17. The van der Waals surface area contributed by atoms with E-state index in [1.54, 1.807) is 0 Å². The lowest BCUT2D eigenvalue weighted by Gasteiger charge is -2.16. The molecule has 0 saturated heterocycles. The molecule has 2 aromatic carbocycles. The van der Waals surface area contributed by atoms with Gasteiger partial charge < -0.3 is 4.74 Å². The Hall–Kier alpha value is -2.25. The molecule has 1 fully saturated rings. The summed E-state index contributed by atoms with van der Waals surface area (Å²) in [5, 5.41) is 0.412. The highest BCUT2D eigenvalue weighted by atomic mass is 35.5. The first-order valence-electron chi connectivity index (χ1n) is 9.91. The molecule has 31 heavy (non-hydrogen) atoms. The van der Waals surface area contributed by atoms with Gasteiger partial charge >= 0.3 is 6.36 Å². The van der Waals surface area contributed by atoms with E-state index >= 15 is 0 Å². The third-order valence-electron chi connectivity index (χ3n) is 5.58. The average Bonchev–Trinajstić information content (AvgIpc) is 3.18. The van der Waals surface area contributed by atoms with Crippen LogP contribution in [0.15, 0.2) is 41.5 Å². The zero-order chi connectivity index (χ0) is 22.2. The van der Waals surface area contributed by atoms with E-state index in [-0.39, 0.29) is 22.5 Å². The van der Waals surface area contributed by atoms with Crippen molar-refractivity contribution >= 4 is 34.1 Å². The van der Waals surface area contributed by atoms with Gasteiger partial charge in [0.2, 0.25) is 0 Å². The number of nitrogens with zero attached hydrogens (tertiary/aromatic N) is 2. The fraction of sp³-hybridized carbons (Fsp3) is 0.364. The van der Waals surface area contributed by atoms with Crippen LogP contribution in [0, 0.1) is 5.92 Å². The molecular formula is C22H19Cl2F3N2O2. The maximum atomic E-state index is 13.0. The van der Waals surface area contributed by atoms with E-state index in [1.165, 1.54) is 36.6 Å². The summed E-state index contributed by atoms with van der Waals surface area (Å²) in [6.07, 6.45) is 2.17. The molecule has 1 aliphatic rings. The lowest BCUT2D eigenvalue weighted by molar-refractivity contribution is -0.274. The van der Waals surface area contributed by atoms with E-state index in [2.05, 4.69) is 9.72 Å². The highest BCUT2D eigenvalue weighted by molar-refractivity contribution is 6.35. The average molecular weight is 471 g/mol. The molecular weight excluding hydrogens is 452 g/mol. The second-order valence-corrected chi connectivity index (χ2v) is 8.64. The third-order valence-corrected chi connectivity index (χ3v) is 6.10. The summed E-state index contributed by atoms with van der Waals surface area (Å²) in [6.45, 7) is 0.201. The molecule has 4 nitrogen and oxygen atoms in total. The second-order valence-electron chi connectivity index (χ2n) is 7.79.